The average Bonchev–Trinajstić information content (AvgIpc) is 3.21. The molecule has 0 saturated carbocycles. The highest BCUT2D eigenvalue weighted by Gasteiger charge is 2.35. The molecule has 0 bridgehead atoms. The Kier molecular flexibility index (Phi) is 6.50. The topological polar surface area (TPSA) is 39.5 Å². The van der Waals surface area contributed by atoms with Crippen LogP contribution in [0.1, 0.15) is 5.69 Å². The second-order valence-electron chi connectivity index (χ2n) is 7.10. The molecule has 9 heteroatoms. The van der Waals surface area contributed by atoms with Crippen LogP contribution in [0, 0.1) is 0 Å². The normalized spacial score (nSPS) is 15.2. The van der Waals surface area contributed by atoms with E-state index in [-0.39, 0.29) is 0 Å². The minimum absolute atomic E-state index is 0.292. The summed E-state index contributed by atoms with van der Waals surface area (Å²) in [5.74, 6) is 0.650. The number of aromatic nitrogens is 2. The molecular weight excluding hydrogens is 431 g/mol. The van der Waals surface area contributed by atoms with Gasteiger partial charge in [0, 0.05) is 25.2 Å². The Hall–Kier alpha value is -2.55. The first-order valence-corrected chi connectivity index (χ1v) is 10.2. The first kappa shape index (κ1) is 21.7. The summed E-state index contributed by atoms with van der Waals surface area (Å²) in [6.45, 7) is 4.54. The number of morpholine rings is 1. The number of rotatable bonds is 6. The summed E-state index contributed by atoms with van der Waals surface area (Å²) in [5.41, 5.74) is 0.262. The second kappa shape index (κ2) is 9.30. The molecule has 1 saturated heterocycles. The smallest absolute Gasteiger partial charge is 0.435 e. The lowest BCUT2D eigenvalue weighted by molar-refractivity contribution is -0.141. The molecule has 1 aliphatic rings. The third-order valence-electron chi connectivity index (χ3n) is 5.01. The number of benzene rings is 2. The van der Waals surface area contributed by atoms with Crippen LogP contribution in [-0.4, -0.2) is 54.1 Å². The monoisotopic (exact) mass is 451 g/mol. The fourth-order valence-electron chi connectivity index (χ4n) is 3.37. The van der Waals surface area contributed by atoms with Gasteiger partial charge in [0.15, 0.2) is 5.69 Å². The minimum Gasteiger partial charge on any atom is -0.492 e. The number of nitrogens with zero attached hydrogens (tertiary/aromatic N) is 3. The molecule has 0 aliphatic carbocycles. The molecule has 0 spiro atoms. The first-order chi connectivity index (χ1) is 14.9. The van der Waals surface area contributed by atoms with Crippen molar-refractivity contribution in [2.75, 3.05) is 39.5 Å². The molecule has 0 N–H and O–H groups in total. The number of para-hydroxylation sites is 1. The van der Waals surface area contributed by atoms with E-state index in [1.54, 1.807) is 48.5 Å². The minimum atomic E-state index is -4.57. The zero-order valence-corrected chi connectivity index (χ0v) is 17.4. The molecule has 0 atom stereocenters. The van der Waals surface area contributed by atoms with Gasteiger partial charge in [-0.05, 0) is 42.5 Å². The molecule has 0 amide bonds. The van der Waals surface area contributed by atoms with Gasteiger partial charge in [0.05, 0.1) is 29.6 Å². The van der Waals surface area contributed by atoms with Crippen LogP contribution < -0.4 is 4.74 Å². The molecule has 164 valence electrons. The predicted molar refractivity (Wildman–Crippen MR) is 112 cm³/mol. The van der Waals surface area contributed by atoms with Crippen LogP contribution in [0.3, 0.4) is 0 Å². The number of alkyl halides is 3. The Labute approximate surface area is 182 Å². The highest BCUT2D eigenvalue weighted by Crippen LogP contribution is 2.35. The zero-order valence-electron chi connectivity index (χ0n) is 16.6. The molecule has 1 aliphatic heterocycles. The highest BCUT2D eigenvalue weighted by atomic mass is 35.5. The summed E-state index contributed by atoms with van der Waals surface area (Å²) in [6, 6.07) is 14.6. The van der Waals surface area contributed by atoms with Crippen molar-refractivity contribution < 1.29 is 22.6 Å². The molecule has 5 nitrogen and oxygen atoms in total. The van der Waals surface area contributed by atoms with E-state index in [1.165, 1.54) is 4.68 Å². The standard InChI is InChI=1S/C22H21ClF3N3O2/c23-18-3-1-2-4-19(18)29-20(15-21(27-29)22(24,25)26)16-5-7-17(8-6-16)31-14-11-28-9-12-30-13-10-28/h1-8,15H,9-14H2. The third-order valence-corrected chi connectivity index (χ3v) is 5.33. The molecule has 2 heterocycles. The van der Waals surface area contributed by atoms with Gasteiger partial charge in [-0.2, -0.15) is 18.3 Å². The van der Waals surface area contributed by atoms with Crippen LogP contribution in [0.25, 0.3) is 16.9 Å². The predicted octanol–water partition coefficient (Wildman–Crippen LogP) is 4.92. The molecule has 1 fully saturated rings. The quantitative estimate of drug-likeness (QED) is 0.533. The third kappa shape index (κ3) is 5.20. The van der Waals surface area contributed by atoms with Crippen molar-refractivity contribution in [1.82, 2.24) is 14.7 Å². The van der Waals surface area contributed by atoms with Crippen molar-refractivity contribution in [1.29, 1.82) is 0 Å². The van der Waals surface area contributed by atoms with Crippen LogP contribution in [0.5, 0.6) is 5.75 Å². The summed E-state index contributed by atoms with van der Waals surface area (Å²) in [5, 5.41) is 4.08. The Morgan fingerprint density at radius 2 is 1.74 bits per heavy atom. The van der Waals surface area contributed by atoms with Crippen molar-refractivity contribution in [3.63, 3.8) is 0 Å². The molecule has 4 rings (SSSR count). The summed E-state index contributed by atoms with van der Waals surface area (Å²) < 4.78 is 52.3. The van der Waals surface area contributed by atoms with Gasteiger partial charge in [-0.15, -0.1) is 0 Å². The van der Waals surface area contributed by atoms with Gasteiger partial charge in [0.1, 0.15) is 12.4 Å². The van der Waals surface area contributed by atoms with Gasteiger partial charge in [0.25, 0.3) is 0 Å². The van der Waals surface area contributed by atoms with Crippen LogP contribution in [0.2, 0.25) is 5.02 Å². The molecule has 3 aromatic rings. The fraction of sp³-hybridized carbons (Fsp3) is 0.318. The molecule has 0 radical (unpaired) electrons. The van der Waals surface area contributed by atoms with Crippen molar-refractivity contribution >= 4 is 11.6 Å². The number of ether oxygens (including phenoxy) is 2. The van der Waals surface area contributed by atoms with Crippen LogP contribution in [0.4, 0.5) is 13.2 Å². The Morgan fingerprint density at radius 3 is 2.42 bits per heavy atom. The van der Waals surface area contributed by atoms with E-state index >= 15 is 0 Å². The van der Waals surface area contributed by atoms with Crippen LogP contribution >= 0.6 is 11.6 Å². The maximum absolute atomic E-state index is 13.3. The summed E-state index contributed by atoms with van der Waals surface area (Å²) >= 11 is 6.21. The van der Waals surface area contributed by atoms with Gasteiger partial charge in [-0.1, -0.05) is 23.7 Å². The average molecular weight is 452 g/mol. The van der Waals surface area contributed by atoms with Gasteiger partial charge in [-0.3, -0.25) is 4.90 Å². The zero-order chi connectivity index (χ0) is 21.8. The number of hydrogen-bond acceptors (Lipinski definition) is 4. The Morgan fingerprint density at radius 1 is 1.03 bits per heavy atom. The maximum Gasteiger partial charge on any atom is 0.435 e. The fourth-order valence-corrected chi connectivity index (χ4v) is 3.59. The van der Waals surface area contributed by atoms with Gasteiger partial charge in [-0.25, -0.2) is 4.68 Å². The lowest BCUT2D eigenvalue weighted by Gasteiger charge is -2.26. The van der Waals surface area contributed by atoms with E-state index in [4.69, 9.17) is 21.1 Å². The number of hydrogen-bond donors (Lipinski definition) is 0. The van der Waals surface area contributed by atoms with Gasteiger partial charge < -0.3 is 9.47 Å². The Balaban J connectivity index is 1.54. The molecule has 0 unspecified atom stereocenters. The lowest BCUT2D eigenvalue weighted by atomic mass is 10.1. The SMILES string of the molecule is FC(F)(F)c1cc(-c2ccc(OCCN3CCOCC3)cc2)n(-c2ccccc2Cl)n1. The summed E-state index contributed by atoms with van der Waals surface area (Å²) in [6.07, 6.45) is -4.57. The molecular formula is C22H21ClF3N3O2. The highest BCUT2D eigenvalue weighted by molar-refractivity contribution is 6.32. The van der Waals surface area contributed by atoms with Crippen LogP contribution in [0.15, 0.2) is 54.6 Å². The van der Waals surface area contributed by atoms with Crippen molar-refractivity contribution in [2.45, 2.75) is 6.18 Å². The van der Waals surface area contributed by atoms with E-state index in [9.17, 15) is 13.2 Å². The van der Waals surface area contributed by atoms with Gasteiger partial charge in [0.2, 0.25) is 0 Å². The van der Waals surface area contributed by atoms with E-state index in [0.717, 1.165) is 38.9 Å². The molecule has 1 aromatic heterocycles. The molecule has 31 heavy (non-hydrogen) atoms. The van der Waals surface area contributed by atoms with E-state index in [1.807, 2.05) is 0 Å². The lowest BCUT2D eigenvalue weighted by Crippen LogP contribution is -2.38. The van der Waals surface area contributed by atoms with E-state index in [2.05, 4.69) is 10.00 Å². The number of halogens is 4. The first-order valence-electron chi connectivity index (χ1n) is 9.87. The van der Waals surface area contributed by atoms with Crippen molar-refractivity contribution in [3.8, 4) is 22.7 Å². The van der Waals surface area contributed by atoms with Crippen molar-refractivity contribution in [2.24, 2.45) is 0 Å². The van der Waals surface area contributed by atoms with Crippen LogP contribution in [-0.2, 0) is 10.9 Å². The maximum atomic E-state index is 13.3. The van der Waals surface area contributed by atoms with E-state index in [0.29, 0.717) is 34.3 Å². The van der Waals surface area contributed by atoms with Gasteiger partial charge >= 0.3 is 6.18 Å². The largest absolute Gasteiger partial charge is 0.492 e. The second-order valence-corrected chi connectivity index (χ2v) is 7.51. The van der Waals surface area contributed by atoms with Crippen molar-refractivity contribution in [3.05, 3.63) is 65.3 Å². The van der Waals surface area contributed by atoms with E-state index < -0.39 is 11.9 Å². The summed E-state index contributed by atoms with van der Waals surface area (Å²) in [4.78, 5) is 2.26. The molecule has 2 aromatic carbocycles. The Bertz CT molecular complexity index is 1020. The summed E-state index contributed by atoms with van der Waals surface area (Å²) in [7, 11) is 0.